The van der Waals surface area contributed by atoms with E-state index in [-0.39, 0.29) is 30.4 Å². The van der Waals surface area contributed by atoms with Gasteiger partial charge in [-0.15, -0.1) is 0 Å². The molecule has 3 amide bonds. The van der Waals surface area contributed by atoms with Crippen molar-refractivity contribution in [2.75, 3.05) is 39.9 Å². The first-order valence-corrected chi connectivity index (χ1v) is 15.5. The molecule has 2 saturated heterocycles. The molecule has 1 saturated carbocycles. The number of rotatable bonds is 10. The lowest BCUT2D eigenvalue weighted by molar-refractivity contribution is -0.125. The number of ether oxygens (including phenoxy) is 2. The molecule has 9 nitrogen and oxygen atoms in total. The van der Waals surface area contributed by atoms with Crippen LogP contribution in [0.15, 0.2) is 48.5 Å². The Balaban J connectivity index is 1.38. The lowest BCUT2D eigenvalue weighted by atomic mass is 9.81. The summed E-state index contributed by atoms with van der Waals surface area (Å²) in [6, 6.07) is 11.1. The molecular formula is C33H43FN4O5. The Morgan fingerprint density at radius 3 is 2.40 bits per heavy atom. The molecule has 2 aromatic rings. The van der Waals surface area contributed by atoms with Crippen molar-refractivity contribution in [1.29, 1.82) is 0 Å². The molecule has 5 rings (SSSR count). The summed E-state index contributed by atoms with van der Waals surface area (Å²) in [6.07, 6.45) is 6.17. The van der Waals surface area contributed by atoms with Crippen LogP contribution in [0.25, 0.3) is 0 Å². The maximum Gasteiger partial charge on any atom is 0.254 e. The van der Waals surface area contributed by atoms with Gasteiger partial charge >= 0.3 is 0 Å². The first kappa shape index (κ1) is 30.9. The highest BCUT2D eigenvalue weighted by Gasteiger charge is 2.44. The number of hydrogen-bond acceptors (Lipinski definition) is 6. The van der Waals surface area contributed by atoms with E-state index in [0.717, 1.165) is 38.5 Å². The number of nitrogens with one attached hydrogen (secondary N) is 1. The predicted octanol–water partition coefficient (Wildman–Crippen LogP) is 3.62. The topological polar surface area (TPSA) is 114 Å². The molecule has 2 aromatic carbocycles. The molecule has 0 spiro atoms. The Hall–Kier alpha value is -3.50. The normalized spacial score (nSPS) is 25.4. The van der Waals surface area contributed by atoms with Gasteiger partial charge in [-0.1, -0.05) is 6.42 Å². The molecule has 1 aliphatic carbocycles. The first-order chi connectivity index (χ1) is 20.9. The van der Waals surface area contributed by atoms with Crippen LogP contribution in [-0.2, 0) is 9.53 Å². The Morgan fingerprint density at radius 1 is 1.00 bits per heavy atom. The fourth-order valence-corrected chi connectivity index (χ4v) is 6.74. The molecule has 2 aliphatic heterocycles. The minimum atomic E-state index is -0.771. The van der Waals surface area contributed by atoms with Crippen molar-refractivity contribution in [3.63, 3.8) is 0 Å². The molecule has 10 heteroatoms. The zero-order chi connectivity index (χ0) is 30.3. The highest BCUT2D eigenvalue weighted by molar-refractivity contribution is 5.99. The minimum absolute atomic E-state index is 0.113. The van der Waals surface area contributed by atoms with Crippen molar-refractivity contribution >= 4 is 17.7 Å². The number of amides is 3. The first-order valence-electron chi connectivity index (χ1n) is 15.5. The van der Waals surface area contributed by atoms with Crippen molar-refractivity contribution in [1.82, 2.24) is 15.1 Å². The van der Waals surface area contributed by atoms with Gasteiger partial charge in [0.1, 0.15) is 17.6 Å². The average molecular weight is 595 g/mol. The fourth-order valence-electron chi connectivity index (χ4n) is 6.74. The fraction of sp³-hybridized carbons (Fsp3) is 0.545. The van der Waals surface area contributed by atoms with Crippen LogP contribution in [0.2, 0.25) is 0 Å². The Kier molecular flexibility index (Phi) is 10.3. The number of hydrogen-bond donors (Lipinski definition) is 2. The highest BCUT2D eigenvalue weighted by atomic mass is 19.1. The molecular weight excluding hydrogens is 551 g/mol. The van der Waals surface area contributed by atoms with Gasteiger partial charge in [-0.2, -0.15) is 0 Å². The van der Waals surface area contributed by atoms with Gasteiger partial charge in [0.2, 0.25) is 5.91 Å². The standard InChI is InChI=1S/C33H43FN4O5/c1-42-28-13-9-25(10-14-28)32(40)37(21-29-6-3-15-43-29)27-17-30(31(39)36-19-23-5-2-4-22(16-23)18-35)38(20-27)33(41)24-7-11-26(34)12-8-24/h7-14,22-23,27,29-30H,2-6,15-21,35H2,1H3,(H,36,39). The van der Waals surface area contributed by atoms with E-state index in [2.05, 4.69) is 5.32 Å². The zero-order valence-corrected chi connectivity index (χ0v) is 24.9. The lowest BCUT2D eigenvalue weighted by Gasteiger charge is -2.31. The second kappa shape index (κ2) is 14.3. The van der Waals surface area contributed by atoms with Gasteiger partial charge in [0.05, 0.1) is 19.3 Å². The van der Waals surface area contributed by atoms with Gasteiger partial charge in [0.25, 0.3) is 11.8 Å². The van der Waals surface area contributed by atoms with Crippen molar-refractivity contribution < 1.29 is 28.2 Å². The second-order valence-corrected chi connectivity index (χ2v) is 12.1. The number of nitrogens with zero attached hydrogens (tertiary/aromatic N) is 2. The number of likely N-dealkylation sites (tertiary alicyclic amines) is 1. The van der Waals surface area contributed by atoms with E-state index >= 15 is 0 Å². The Bertz CT molecular complexity index is 1250. The molecule has 3 N–H and O–H groups in total. The van der Waals surface area contributed by atoms with Crippen LogP contribution in [0, 0.1) is 17.7 Å². The zero-order valence-electron chi connectivity index (χ0n) is 24.9. The van der Waals surface area contributed by atoms with Gasteiger partial charge in [-0.05, 0) is 105 Å². The Morgan fingerprint density at radius 2 is 1.72 bits per heavy atom. The van der Waals surface area contributed by atoms with Crippen LogP contribution in [-0.4, -0.2) is 85.6 Å². The van der Waals surface area contributed by atoms with E-state index in [9.17, 15) is 18.8 Å². The molecule has 232 valence electrons. The predicted molar refractivity (Wildman–Crippen MR) is 160 cm³/mol. The van der Waals surface area contributed by atoms with Crippen molar-refractivity contribution in [3.8, 4) is 5.75 Å². The molecule has 0 bridgehead atoms. The van der Waals surface area contributed by atoms with Gasteiger partial charge in [0, 0.05) is 37.4 Å². The van der Waals surface area contributed by atoms with E-state index in [4.69, 9.17) is 15.2 Å². The highest BCUT2D eigenvalue weighted by Crippen LogP contribution is 2.30. The third kappa shape index (κ3) is 7.54. The summed E-state index contributed by atoms with van der Waals surface area (Å²) >= 11 is 0. The average Bonchev–Trinajstić information content (AvgIpc) is 3.73. The summed E-state index contributed by atoms with van der Waals surface area (Å²) in [5.74, 6) is 0.233. The summed E-state index contributed by atoms with van der Waals surface area (Å²) in [5.41, 5.74) is 6.71. The quantitative estimate of drug-likeness (QED) is 0.435. The molecule has 2 heterocycles. The SMILES string of the molecule is COc1ccc(C(=O)N(CC2CCCO2)C2CC(C(=O)NCC3CCCC(CN)C3)N(C(=O)c3ccc(F)cc3)C2)cc1. The number of halogens is 1. The molecule has 3 aliphatic rings. The van der Waals surface area contributed by atoms with Crippen LogP contribution in [0.5, 0.6) is 5.75 Å². The monoisotopic (exact) mass is 594 g/mol. The molecule has 5 unspecified atom stereocenters. The maximum atomic E-state index is 13.9. The number of carbonyl (C=O) groups is 3. The lowest BCUT2D eigenvalue weighted by Crippen LogP contribution is -2.47. The molecule has 5 atom stereocenters. The summed E-state index contributed by atoms with van der Waals surface area (Å²) in [4.78, 5) is 44.7. The Labute approximate surface area is 252 Å². The number of carbonyl (C=O) groups excluding carboxylic acids is 3. The summed E-state index contributed by atoms with van der Waals surface area (Å²) in [7, 11) is 1.57. The van der Waals surface area contributed by atoms with E-state index in [0.29, 0.717) is 61.4 Å². The summed E-state index contributed by atoms with van der Waals surface area (Å²) in [5, 5.41) is 3.11. The largest absolute Gasteiger partial charge is 0.497 e. The van der Waals surface area contributed by atoms with Gasteiger partial charge in [-0.3, -0.25) is 14.4 Å². The number of nitrogens with two attached hydrogens (primary N) is 1. The van der Waals surface area contributed by atoms with Crippen LogP contribution >= 0.6 is 0 Å². The summed E-state index contributed by atoms with van der Waals surface area (Å²) < 4.78 is 24.8. The molecule has 0 radical (unpaired) electrons. The molecule has 43 heavy (non-hydrogen) atoms. The van der Waals surface area contributed by atoms with E-state index < -0.39 is 17.9 Å². The van der Waals surface area contributed by atoms with Crippen molar-refractivity contribution in [2.24, 2.45) is 17.6 Å². The number of benzene rings is 2. The van der Waals surface area contributed by atoms with Crippen LogP contribution in [0.3, 0.4) is 0 Å². The summed E-state index contributed by atoms with van der Waals surface area (Å²) in [6.45, 7) is 2.37. The maximum absolute atomic E-state index is 13.9. The van der Waals surface area contributed by atoms with Crippen LogP contribution in [0.4, 0.5) is 4.39 Å². The van der Waals surface area contributed by atoms with Crippen molar-refractivity contribution in [3.05, 3.63) is 65.5 Å². The van der Waals surface area contributed by atoms with Crippen molar-refractivity contribution in [2.45, 2.75) is 63.1 Å². The minimum Gasteiger partial charge on any atom is -0.497 e. The van der Waals surface area contributed by atoms with Gasteiger partial charge < -0.3 is 30.3 Å². The van der Waals surface area contributed by atoms with Gasteiger partial charge in [0.15, 0.2) is 0 Å². The third-order valence-corrected chi connectivity index (χ3v) is 9.19. The number of methoxy groups -OCH3 is 1. The van der Waals surface area contributed by atoms with E-state index in [1.54, 1.807) is 41.2 Å². The second-order valence-electron chi connectivity index (χ2n) is 12.1. The third-order valence-electron chi connectivity index (χ3n) is 9.19. The van der Waals surface area contributed by atoms with Crippen LogP contribution in [0.1, 0.15) is 65.7 Å². The van der Waals surface area contributed by atoms with E-state index in [1.165, 1.54) is 24.3 Å². The van der Waals surface area contributed by atoms with Crippen LogP contribution < -0.4 is 15.8 Å². The smallest absolute Gasteiger partial charge is 0.254 e. The molecule has 0 aromatic heterocycles. The van der Waals surface area contributed by atoms with Gasteiger partial charge in [-0.25, -0.2) is 4.39 Å². The van der Waals surface area contributed by atoms with E-state index in [1.807, 2.05) is 0 Å². The molecule has 3 fully saturated rings.